The molecule has 0 aliphatic rings. The lowest BCUT2D eigenvalue weighted by molar-refractivity contribution is 0.581. The maximum Gasteiger partial charge on any atom is 0.240 e. The maximum atomic E-state index is 12.8. The van der Waals surface area contributed by atoms with Crippen LogP contribution in [0.1, 0.15) is 11.1 Å². The van der Waals surface area contributed by atoms with Gasteiger partial charge in [0.25, 0.3) is 0 Å². The Bertz CT molecular complexity index is 681. The van der Waals surface area contributed by atoms with Gasteiger partial charge in [-0.05, 0) is 42.7 Å². The van der Waals surface area contributed by atoms with Crippen molar-refractivity contribution in [2.24, 2.45) is 0 Å². The van der Waals surface area contributed by atoms with E-state index >= 15 is 0 Å². The fourth-order valence-electron chi connectivity index (χ4n) is 1.92. The van der Waals surface area contributed by atoms with Crippen molar-refractivity contribution in [3.8, 4) is 0 Å². The molecule has 0 atom stereocenters. The minimum atomic E-state index is -3.49. The largest absolute Gasteiger partial charge is 0.240 e. The fourth-order valence-corrected chi connectivity index (χ4v) is 3.19. The summed E-state index contributed by atoms with van der Waals surface area (Å²) in [6, 6.07) is 12.9. The first-order valence-corrected chi connectivity index (χ1v) is 7.77. The minimum absolute atomic E-state index is 0.280. The second-order valence-electron chi connectivity index (χ2n) is 4.54. The second kappa shape index (κ2) is 6.15. The fraction of sp³-hybridized carbons (Fsp3) is 0.200. The molecule has 0 aliphatic carbocycles. The van der Waals surface area contributed by atoms with Gasteiger partial charge in [-0.25, -0.2) is 17.5 Å². The summed E-state index contributed by atoms with van der Waals surface area (Å²) in [6.45, 7) is 2.04. The highest BCUT2D eigenvalue weighted by molar-refractivity contribution is 7.89. The first-order valence-electron chi connectivity index (χ1n) is 6.29. The number of nitrogens with one attached hydrogen (secondary N) is 1. The Morgan fingerprint density at radius 3 is 2.35 bits per heavy atom. The Labute approximate surface area is 118 Å². The van der Waals surface area contributed by atoms with Crippen LogP contribution in [0.15, 0.2) is 53.4 Å². The molecular weight excluding hydrogens is 277 g/mol. The number of hydrogen-bond acceptors (Lipinski definition) is 2. The molecule has 2 rings (SSSR count). The third kappa shape index (κ3) is 3.65. The third-order valence-electron chi connectivity index (χ3n) is 3.00. The molecule has 0 aromatic heterocycles. The van der Waals surface area contributed by atoms with Gasteiger partial charge in [-0.1, -0.05) is 30.3 Å². The highest BCUT2D eigenvalue weighted by atomic mass is 32.2. The molecule has 0 radical (unpaired) electrons. The molecule has 3 nitrogen and oxygen atoms in total. The van der Waals surface area contributed by atoms with Crippen LogP contribution in [-0.4, -0.2) is 15.0 Å². The lowest BCUT2D eigenvalue weighted by Crippen LogP contribution is -2.26. The number of sulfonamides is 1. The molecule has 0 saturated carbocycles. The lowest BCUT2D eigenvalue weighted by atomic mass is 10.1. The Balaban J connectivity index is 2.00. The van der Waals surface area contributed by atoms with Crippen LogP contribution in [0.2, 0.25) is 0 Å². The summed E-state index contributed by atoms with van der Waals surface area (Å²) in [5.41, 5.74) is 1.60. The van der Waals surface area contributed by atoms with Crippen LogP contribution in [0.5, 0.6) is 0 Å². The summed E-state index contributed by atoms with van der Waals surface area (Å²) in [5, 5.41) is 0. The number of rotatable bonds is 5. The van der Waals surface area contributed by atoms with Crippen LogP contribution < -0.4 is 4.72 Å². The monoisotopic (exact) mass is 293 g/mol. The van der Waals surface area contributed by atoms with Gasteiger partial charge in [-0.3, -0.25) is 0 Å². The van der Waals surface area contributed by atoms with E-state index in [-0.39, 0.29) is 12.4 Å². The van der Waals surface area contributed by atoms with E-state index in [1.54, 1.807) is 43.3 Å². The van der Waals surface area contributed by atoms with Crippen molar-refractivity contribution in [1.29, 1.82) is 0 Å². The highest BCUT2D eigenvalue weighted by Crippen LogP contribution is 2.13. The summed E-state index contributed by atoms with van der Waals surface area (Å²) in [6.07, 6.45) is 0.519. The first kappa shape index (κ1) is 14.7. The van der Waals surface area contributed by atoms with Crippen LogP contribution in [0.3, 0.4) is 0 Å². The number of hydrogen-bond donors (Lipinski definition) is 1. The van der Waals surface area contributed by atoms with E-state index in [0.717, 1.165) is 5.56 Å². The summed E-state index contributed by atoms with van der Waals surface area (Å²) in [5.74, 6) is -0.297. The topological polar surface area (TPSA) is 46.2 Å². The van der Waals surface area contributed by atoms with Crippen molar-refractivity contribution in [1.82, 2.24) is 4.72 Å². The van der Waals surface area contributed by atoms with Gasteiger partial charge in [0.2, 0.25) is 10.0 Å². The Morgan fingerprint density at radius 1 is 1.05 bits per heavy atom. The zero-order valence-corrected chi connectivity index (χ0v) is 12.0. The predicted molar refractivity (Wildman–Crippen MR) is 76.5 cm³/mol. The van der Waals surface area contributed by atoms with Crippen molar-refractivity contribution in [2.75, 3.05) is 6.54 Å². The molecule has 0 spiro atoms. The van der Waals surface area contributed by atoms with Gasteiger partial charge in [0.1, 0.15) is 5.82 Å². The Morgan fingerprint density at radius 2 is 1.70 bits per heavy atom. The molecule has 0 saturated heterocycles. The van der Waals surface area contributed by atoms with Gasteiger partial charge in [0.05, 0.1) is 4.90 Å². The van der Waals surface area contributed by atoms with E-state index < -0.39 is 10.0 Å². The van der Waals surface area contributed by atoms with E-state index in [2.05, 4.69) is 4.72 Å². The SMILES string of the molecule is Cc1ccccc1S(=O)(=O)NCCc1ccc(F)cc1. The van der Waals surface area contributed by atoms with Crippen molar-refractivity contribution in [2.45, 2.75) is 18.2 Å². The molecule has 1 N–H and O–H groups in total. The third-order valence-corrected chi connectivity index (χ3v) is 4.62. The van der Waals surface area contributed by atoms with Gasteiger partial charge in [0, 0.05) is 6.54 Å². The van der Waals surface area contributed by atoms with Crippen molar-refractivity contribution < 1.29 is 12.8 Å². The van der Waals surface area contributed by atoms with E-state index in [0.29, 0.717) is 16.9 Å². The molecule has 5 heteroatoms. The average molecular weight is 293 g/mol. The van der Waals surface area contributed by atoms with Gasteiger partial charge in [0.15, 0.2) is 0 Å². The molecule has 2 aromatic carbocycles. The number of halogens is 1. The van der Waals surface area contributed by atoms with Crippen LogP contribution in [0.25, 0.3) is 0 Å². The highest BCUT2D eigenvalue weighted by Gasteiger charge is 2.15. The molecular formula is C15H16FNO2S. The van der Waals surface area contributed by atoms with Gasteiger partial charge in [-0.15, -0.1) is 0 Å². The van der Waals surface area contributed by atoms with E-state index in [1.807, 2.05) is 0 Å². The van der Waals surface area contributed by atoms with Crippen molar-refractivity contribution >= 4 is 10.0 Å². The zero-order valence-electron chi connectivity index (χ0n) is 11.1. The number of aryl methyl sites for hydroxylation is 1. The number of benzene rings is 2. The molecule has 20 heavy (non-hydrogen) atoms. The average Bonchev–Trinajstić information content (AvgIpc) is 2.41. The second-order valence-corrected chi connectivity index (χ2v) is 6.28. The van der Waals surface area contributed by atoms with Gasteiger partial charge in [-0.2, -0.15) is 0 Å². The van der Waals surface area contributed by atoms with E-state index in [4.69, 9.17) is 0 Å². The smallest absolute Gasteiger partial charge is 0.211 e. The molecule has 0 unspecified atom stereocenters. The molecule has 0 fully saturated rings. The molecule has 0 heterocycles. The van der Waals surface area contributed by atoms with Crippen LogP contribution in [-0.2, 0) is 16.4 Å². The molecule has 2 aromatic rings. The van der Waals surface area contributed by atoms with Crippen LogP contribution in [0.4, 0.5) is 4.39 Å². The molecule has 0 aliphatic heterocycles. The normalized spacial score (nSPS) is 11.5. The molecule has 106 valence electrons. The minimum Gasteiger partial charge on any atom is -0.211 e. The Hall–Kier alpha value is -1.72. The summed E-state index contributed by atoms with van der Waals surface area (Å²) < 4.78 is 39.6. The summed E-state index contributed by atoms with van der Waals surface area (Å²) >= 11 is 0. The Kier molecular flexibility index (Phi) is 4.52. The molecule has 0 bridgehead atoms. The summed E-state index contributed by atoms with van der Waals surface area (Å²) in [7, 11) is -3.49. The van der Waals surface area contributed by atoms with Crippen LogP contribution in [0, 0.1) is 12.7 Å². The molecule has 0 amide bonds. The van der Waals surface area contributed by atoms with Crippen molar-refractivity contribution in [3.63, 3.8) is 0 Å². The first-order chi connectivity index (χ1) is 9.49. The lowest BCUT2D eigenvalue weighted by Gasteiger charge is -2.09. The van der Waals surface area contributed by atoms with Crippen LogP contribution >= 0.6 is 0 Å². The zero-order chi connectivity index (χ0) is 14.6. The predicted octanol–water partition coefficient (Wildman–Crippen LogP) is 2.66. The van der Waals surface area contributed by atoms with Gasteiger partial charge >= 0.3 is 0 Å². The maximum absolute atomic E-state index is 12.8. The van der Waals surface area contributed by atoms with Crippen molar-refractivity contribution in [3.05, 3.63) is 65.5 Å². The quantitative estimate of drug-likeness (QED) is 0.921. The summed E-state index contributed by atoms with van der Waals surface area (Å²) in [4.78, 5) is 0.291. The standard InChI is InChI=1S/C15H16FNO2S/c1-12-4-2-3-5-15(12)20(18,19)17-11-10-13-6-8-14(16)9-7-13/h2-9,17H,10-11H2,1H3. The van der Waals surface area contributed by atoms with E-state index in [9.17, 15) is 12.8 Å². The van der Waals surface area contributed by atoms with Gasteiger partial charge < -0.3 is 0 Å². The van der Waals surface area contributed by atoms with E-state index in [1.165, 1.54) is 12.1 Å².